The maximum absolute atomic E-state index is 12.2. The minimum atomic E-state index is -0.0509. The lowest BCUT2D eigenvalue weighted by Gasteiger charge is -2.34. The van der Waals surface area contributed by atoms with Crippen LogP contribution in [0.15, 0.2) is 39.6 Å². The van der Waals surface area contributed by atoms with Crippen molar-refractivity contribution in [1.29, 1.82) is 0 Å². The highest BCUT2D eigenvalue weighted by molar-refractivity contribution is 7.08. The molecule has 4 rings (SSSR count). The number of nitrogens with one attached hydrogen (secondary N) is 1. The van der Waals surface area contributed by atoms with Crippen molar-refractivity contribution in [2.45, 2.75) is 26.3 Å². The van der Waals surface area contributed by atoms with E-state index in [4.69, 9.17) is 4.42 Å². The number of rotatable bonds is 8. The number of carbonyl (C=O) groups is 1. The van der Waals surface area contributed by atoms with Gasteiger partial charge in [0.1, 0.15) is 5.82 Å². The number of aryl methyl sites for hydroxylation is 1. The Bertz CT molecular complexity index is 933. The number of carbonyl (C=O) groups excluding carboxylic acids is 1. The fraction of sp³-hybridized carbons (Fsp3) is 0.429. The summed E-state index contributed by atoms with van der Waals surface area (Å²) in [5.74, 6) is 1.91. The monoisotopic (exact) mass is 426 g/mol. The number of amides is 1. The van der Waals surface area contributed by atoms with Crippen LogP contribution in [0.1, 0.15) is 24.8 Å². The largest absolute Gasteiger partial charge is 0.421 e. The number of anilines is 1. The van der Waals surface area contributed by atoms with Crippen LogP contribution < -0.4 is 10.2 Å². The molecule has 0 saturated carbocycles. The van der Waals surface area contributed by atoms with Gasteiger partial charge in [0, 0.05) is 62.7 Å². The highest BCUT2D eigenvalue weighted by Crippen LogP contribution is 2.20. The molecule has 0 bridgehead atoms. The first-order chi connectivity index (χ1) is 14.7. The van der Waals surface area contributed by atoms with Crippen molar-refractivity contribution in [2.24, 2.45) is 0 Å². The van der Waals surface area contributed by atoms with E-state index in [1.54, 1.807) is 11.3 Å². The summed E-state index contributed by atoms with van der Waals surface area (Å²) in [5, 5.41) is 14.9. The van der Waals surface area contributed by atoms with Gasteiger partial charge in [-0.25, -0.2) is 4.98 Å². The van der Waals surface area contributed by atoms with E-state index in [-0.39, 0.29) is 5.91 Å². The number of likely N-dealkylation sites (N-methyl/N-ethyl adjacent to an activating group) is 1. The Labute approximate surface area is 179 Å². The van der Waals surface area contributed by atoms with Gasteiger partial charge in [-0.1, -0.05) is 13.0 Å². The van der Waals surface area contributed by atoms with E-state index in [0.717, 1.165) is 49.7 Å². The summed E-state index contributed by atoms with van der Waals surface area (Å²) in [7, 11) is 0. The molecule has 0 aliphatic carbocycles. The molecule has 158 valence electrons. The molecule has 1 saturated heterocycles. The van der Waals surface area contributed by atoms with E-state index in [0.29, 0.717) is 31.2 Å². The van der Waals surface area contributed by atoms with Crippen molar-refractivity contribution in [2.75, 3.05) is 37.6 Å². The average molecular weight is 427 g/mol. The Morgan fingerprint density at radius 2 is 2.07 bits per heavy atom. The van der Waals surface area contributed by atoms with Crippen molar-refractivity contribution in [3.05, 3.63) is 46.6 Å². The summed E-state index contributed by atoms with van der Waals surface area (Å²) in [6, 6.07) is 5.99. The van der Waals surface area contributed by atoms with Crippen LogP contribution >= 0.6 is 11.3 Å². The number of nitrogens with zero attached hydrogens (tertiary/aromatic N) is 5. The van der Waals surface area contributed by atoms with Gasteiger partial charge >= 0.3 is 0 Å². The molecule has 0 aromatic carbocycles. The van der Waals surface area contributed by atoms with Gasteiger partial charge in [0.2, 0.25) is 17.7 Å². The van der Waals surface area contributed by atoms with Crippen LogP contribution in [-0.4, -0.2) is 58.7 Å². The van der Waals surface area contributed by atoms with E-state index in [1.165, 1.54) is 0 Å². The minimum absolute atomic E-state index is 0.0509. The summed E-state index contributed by atoms with van der Waals surface area (Å²) in [6.45, 7) is 7.90. The molecule has 0 atom stereocenters. The van der Waals surface area contributed by atoms with Crippen molar-refractivity contribution in [1.82, 2.24) is 25.4 Å². The molecule has 3 aromatic heterocycles. The van der Waals surface area contributed by atoms with Crippen molar-refractivity contribution >= 4 is 23.1 Å². The van der Waals surface area contributed by atoms with E-state index in [1.807, 2.05) is 35.2 Å². The summed E-state index contributed by atoms with van der Waals surface area (Å²) in [6.07, 6.45) is 2.56. The van der Waals surface area contributed by atoms with Gasteiger partial charge in [-0.15, -0.1) is 10.2 Å². The standard InChI is InChI=1S/C21H26N6O2S/c1-2-26-8-10-27(11-9-26)18-4-3-16(13-22-18)14-23-19(28)5-6-20-24-25-21(29-20)17-7-12-30-15-17/h3-4,7,12-13,15H,2,5-6,8-11,14H2,1H3,(H,23,28). The van der Waals surface area contributed by atoms with Crippen molar-refractivity contribution < 1.29 is 9.21 Å². The number of pyridine rings is 1. The number of hydrogen-bond acceptors (Lipinski definition) is 8. The van der Waals surface area contributed by atoms with Crippen LogP contribution in [0.3, 0.4) is 0 Å². The molecule has 3 aromatic rings. The number of piperazine rings is 1. The number of aromatic nitrogens is 3. The maximum atomic E-state index is 12.2. The topological polar surface area (TPSA) is 87.4 Å². The predicted octanol–water partition coefficient (Wildman–Crippen LogP) is 2.58. The first-order valence-corrected chi connectivity index (χ1v) is 11.2. The molecule has 0 unspecified atom stereocenters. The van der Waals surface area contributed by atoms with Crippen LogP contribution in [0, 0.1) is 0 Å². The lowest BCUT2D eigenvalue weighted by Crippen LogP contribution is -2.46. The Morgan fingerprint density at radius 1 is 1.20 bits per heavy atom. The smallest absolute Gasteiger partial charge is 0.248 e. The quantitative estimate of drug-likeness (QED) is 0.592. The predicted molar refractivity (Wildman–Crippen MR) is 116 cm³/mol. The van der Waals surface area contributed by atoms with Crippen molar-refractivity contribution in [3.63, 3.8) is 0 Å². The van der Waals surface area contributed by atoms with Crippen LogP contribution in [0.2, 0.25) is 0 Å². The molecule has 8 nitrogen and oxygen atoms in total. The Morgan fingerprint density at radius 3 is 2.77 bits per heavy atom. The maximum Gasteiger partial charge on any atom is 0.248 e. The first-order valence-electron chi connectivity index (χ1n) is 10.2. The molecule has 1 fully saturated rings. The molecule has 1 aliphatic rings. The van der Waals surface area contributed by atoms with Gasteiger partial charge in [0.15, 0.2) is 0 Å². The summed E-state index contributed by atoms with van der Waals surface area (Å²) >= 11 is 1.57. The molecular weight excluding hydrogens is 400 g/mol. The molecule has 9 heteroatoms. The van der Waals surface area contributed by atoms with Crippen LogP contribution in [0.25, 0.3) is 11.5 Å². The minimum Gasteiger partial charge on any atom is -0.421 e. The van der Waals surface area contributed by atoms with Gasteiger partial charge in [0.25, 0.3) is 0 Å². The fourth-order valence-electron chi connectivity index (χ4n) is 3.37. The summed E-state index contributed by atoms with van der Waals surface area (Å²) in [5.41, 5.74) is 1.89. The molecule has 1 aliphatic heterocycles. The van der Waals surface area contributed by atoms with Crippen LogP contribution in [-0.2, 0) is 17.8 Å². The number of thiophene rings is 1. The van der Waals surface area contributed by atoms with Gasteiger partial charge in [-0.2, -0.15) is 11.3 Å². The zero-order chi connectivity index (χ0) is 20.8. The van der Waals surface area contributed by atoms with Crippen LogP contribution in [0.4, 0.5) is 5.82 Å². The van der Waals surface area contributed by atoms with E-state index in [2.05, 4.69) is 37.2 Å². The van der Waals surface area contributed by atoms with E-state index >= 15 is 0 Å². The summed E-state index contributed by atoms with van der Waals surface area (Å²) in [4.78, 5) is 21.5. The number of hydrogen-bond donors (Lipinski definition) is 1. The molecule has 1 N–H and O–H groups in total. The molecule has 30 heavy (non-hydrogen) atoms. The third kappa shape index (κ3) is 5.22. The lowest BCUT2D eigenvalue weighted by molar-refractivity contribution is -0.121. The fourth-order valence-corrected chi connectivity index (χ4v) is 4.00. The molecule has 0 spiro atoms. The Hall–Kier alpha value is -2.78. The highest BCUT2D eigenvalue weighted by Gasteiger charge is 2.16. The van der Waals surface area contributed by atoms with E-state index < -0.39 is 0 Å². The highest BCUT2D eigenvalue weighted by atomic mass is 32.1. The zero-order valence-electron chi connectivity index (χ0n) is 17.1. The van der Waals surface area contributed by atoms with Gasteiger partial charge in [0.05, 0.1) is 0 Å². The van der Waals surface area contributed by atoms with E-state index in [9.17, 15) is 4.79 Å². The second-order valence-electron chi connectivity index (χ2n) is 7.24. The van der Waals surface area contributed by atoms with Gasteiger partial charge in [-0.05, 0) is 29.6 Å². The molecule has 4 heterocycles. The van der Waals surface area contributed by atoms with Gasteiger partial charge < -0.3 is 19.5 Å². The molecule has 0 radical (unpaired) electrons. The summed E-state index contributed by atoms with van der Waals surface area (Å²) < 4.78 is 5.61. The van der Waals surface area contributed by atoms with Crippen LogP contribution in [0.5, 0.6) is 0 Å². The van der Waals surface area contributed by atoms with Crippen molar-refractivity contribution in [3.8, 4) is 11.5 Å². The first kappa shape index (κ1) is 20.5. The third-order valence-electron chi connectivity index (χ3n) is 5.24. The Balaban J connectivity index is 1.20. The normalized spacial score (nSPS) is 14.8. The Kier molecular flexibility index (Phi) is 6.70. The second kappa shape index (κ2) is 9.82. The average Bonchev–Trinajstić information content (AvgIpc) is 3.49. The van der Waals surface area contributed by atoms with Gasteiger partial charge in [-0.3, -0.25) is 4.79 Å². The zero-order valence-corrected chi connectivity index (χ0v) is 17.9. The molecular formula is C21H26N6O2S. The lowest BCUT2D eigenvalue weighted by atomic mass is 10.2. The molecule has 1 amide bonds. The SMILES string of the molecule is CCN1CCN(c2ccc(CNC(=O)CCc3nnc(-c4ccsc4)o3)cn2)CC1. The second-order valence-corrected chi connectivity index (χ2v) is 8.02. The third-order valence-corrected chi connectivity index (χ3v) is 5.93.